The summed E-state index contributed by atoms with van der Waals surface area (Å²) in [6, 6.07) is 12.3. The van der Waals surface area contributed by atoms with E-state index >= 15 is 0 Å². The van der Waals surface area contributed by atoms with Crippen LogP contribution in [0.5, 0.6) is 0 Å². The minimum Gasteiger partial charge on any atom is -0.385 e. The van der Waals surface area contributed by atoms with Gasteiger partial charge >= 0.3 is 0 Å². The van der Waals surface area contributed by atoms with E-state index in [2.05, 4.69) is 5.32 Å². The maximum absolute atomic E-state index is 13.7. The number of nitrogens with one attached hydrogen (secondary N) is 1. The van der Waals surface area contributed by atoms with Crippen molar-refractivity contribution in [1.82, 2.24) is 5.32 Å². The Balaban J connectivity index is 1.93. The molecule has 0 aromatic heterocycles. The summed E-state index contributed by atoms with van der Waals surface area (Å²) in [6.07, 6.45) is -0.102. The number of aliphatic hydroxyl groups is 1. The predicted octanol–water partition coefficient (Wildman–Crippen LogP) is 3.48. The number of halogens is 2. The van der Waals surface area contributed by atoms with Crippen LogP contribution in [0, 0.1) is 11.6 Å². The zero-order chi connectivity index (χ0) is 17.7. The van der Waals surface area contributed by atoms with E-state index in [1.165, 1.54) is 12.1 Å². The monoisotopic (exact) mass is 333 g/mol. The van der Waals surface area contributed by atoms with Crippen LogP contribution in [0.15, 0.2) is 48.5 Å². The van der Waals surface area contributed by atoms with E-state index in [4.69, 9.17) is 0 Å². The van der Waals surface area contributed by atoms with Crippen LogP contribution in [-0.2, 0) is 10.4 Å². The quantitative estimate of drug-likeness (QED) is 0.850. The first-order chi connectivity index (χ1) is 11.3. The second-order valence-corrected chi connectivity index (χ2v) is 6.19. The maximum atomic E-state index is 13.7. The zero-order valence-corrected chi connectivity index (χ0v) is 13.7. The highest BCUT2D eigenvalue weighted by molar-refractivity contribution is 5.77. The summed E-state index contributed by atoms with van der Waals surface area (Å²) in [5, 5.41) is 13.1. The molecule has 0 saturated heterocycles. The fourth-order valence-electron chi connectivity index (χ4n) is 2.55. The number of hydrogen-bond donors (Lipinski definition) is 2. The Morgan fingerprint density at radius 1 is 1.21 bits per heavy atom. The molecular formula is C19H21F2NO2. The molecule has 0 spiro atoms. The normalized spacial score (nSPS) is 14.7. The maximum Gasteiger partial charge on any atom is 0.223 e. The largest absolute Gasteiger partial charge is 0.385 e. The van der Waals surface area contributed by atoms with Crippen LogP contribution in [0.2, 0.25) is 0 Å². The molecule has 0 aliphatic rings. The molecule has 0 saturated carbocycles. The van der Waals surface area contributed by atoms with Gasteiger partial charge < -0.3 is 10.4 Å². The highest BCUT2D eigenvalue weighted by atomic mass is 19.1. The molecule has 2 aromatic rings. The molecule has 24 heavy (non-hydrogen) atoms. The lowest BCUT2D eigenvalue weighted by atomic mass is 9.92. The second-order valence-electron chi connectivity index (χ2n) is 6.19. The summed E-state index contributed by atoms with van der Waals surface area (Å²) in [5.41, 5.74) is -0.292. The first-order valence-electron chi connectivity index (χ1n) is 7.79. The first kappa shape index (κ1) is 18.1. The molecule has 2 N–H and O–H groups in total. The number of rotatable bonds is 6. The Hall–Kier alpha value is -2.27. The van der Waals surface area contributed by atoms with Crippen molar-refractivity contribution in [3.63, 3.8) is 0 Å². The lowest BCUT2D eigenvalue weighted by Gasteiger charge is -2.23. The van der Waals surface area contributed by atoms with E-state index in [-0.39, 0.29) is 24.8 Å². The minimum absolute atomic E-state index is 0.102. The Labute approximate surface area is 140 Å². The third-order valence-corrected chi connectivity index (χ3v) is 4.00. The summed E-state index contributed by atoms with van der Waals surface area (Å²) in [7, 11) is 0. The van der Waals surface area contributed by atoms with Crippen LogP contribution < -0.4 is 5.32 Å². The molecule has 5 heteroatoms. The molecule has 128 valence electrons. The lowest BCUT2D eigenvalue weighted by Crippen LogP contribution is -2.34. The molecule has 2 aromatic carbocycles. The summed E-state index contributed by atoms with van der Waals surface area (Å²) >= 11 is 0. The van der Waals surface area contributed by atoms with Gasteiger partial charge in [-0.3, -0.25) is 4.79 Å². The molecular weight excluding hydrogens is 312 g/mol. The SMILES string of the molecule is CC(CNC(=O)CC(C)(O)c1ccccc1)c1ccc(F)cc1F. The average Bonchev–Trinajstić information content (AvgIpc) is 2.53. The van der Waals surface area contributed by atoms with Gasteiger partial charge in [-0.25, -0.2) is 8.78 Å². The highest BCUT2D eigenvalue weighted by Gasteiger charge is 2.26. The molecule has 0 heterocycles. The van der Waals surface area contributed by atoms with Gasteiger partial charge in [0.2, 0.25) is 5.91 Å². The van der Waals surface area contributed by atoms with Gasteiger partial charge in [0.1, 0.15) is 11.6 Å². The lowest BCUT2D eigenvalue weighted by molar-refractivity contribution is -0.125. The number of carbonyl (C=O) groups excluding carboxylic acids is 1. The molecule has 0 aliphatic heterocycles. The van der Waals surface area contributed by atoms with E-state index in [1.54, 1.807) is 38.1 Å². The molecule has 0 bridgehead atoms. The van der Waals surface area contributed by atoms with E-state index in [0.29, 0.717) is 11.1 Å². The van der Waals surface area contributed by atoms with Gasteiger partial charge in [0.05, 0.1) is 12.0 Å². The van der Waals surface area contributed by atoms with Crippen molar-refractivity contribution in [2.75, 3.05) is 6.54 Å². The van der Waals surface area contributed by atoms with Gasteiger partial charge in [0.15, 0.2) is 0 Å². The molecule has 0 radical (unpaired) electrons. The van der Waals surface area contributed by atoms with Crippen LogP contribution in [0.3, 0.4) is 0 Å². The third-order valence-electron chi connectivity index (χ3n) is 4.00. The van der Waals surface area contributed by atoms with Crippen LogP contribution in [0.1, 0.15) is 37.3 Å². The number of hydrogen-bond acceptors (Lipinski definition) is 2. The van der Waals surface area contributed by atoms with Crippen molar-refractivity contribution in [1.29, 1.82) is 0 Å². The minimum atomic E-state index is -1.28. The Morgan fingerprint density at radius 3 is 2.50 bits per heavy atom. The Bertz CT molecular complexity index is 702. The van der Waals surface area contributed by atoms with E-state index in [0.717, 1.165) is 6.07 Å². The Morgan fingerprint density at radius 2 is 1.88 bits per heavy atom. The zero-order valence-electron chi connectivity index (χ0n) is 13.7. The predicted molar refractivity (Wildman–Crippen MR) is 88.4 cm³/mol. The first-order valence-corrected chi connectivity index (χ1v) is 7.79. The van der Waals surface area contributed by atoms with Gasteiger partial charge in [0, 0.05) is 18.5 Å². The van der Waals surface area contributed by atoms with Crippen molar-refractivity contribution in [2.24, 2.45) is 0 Å². The topological polar surface area (TPSA) is 49.3 Å². The van der Waals surface area contributed by atoms with Crippen molar-refractivity contribution in [3.05, 3.63) is 71.3 Å². The number of carbonyl (C=O) groups is 1. The van der Waals surface area contributed by atoms with Crippen LogP contribution in [0.25, 0.3) is 0 Å². The van der Waals surface area contributed by atoms with Crippen molar-refractivity contribution >= 4 is 5.91 Å². The van der Waals surface area contributed by atoms with E-state index in [9.17, 15) is 18.7 Å². The van der Waals surface area contributed by atoms with Gasteiger partial charge in [-0.2, -0.15) is 0 Å². The summed E-state index contributed by atoms with van der Waals surface area (Å²) in [5.74, 6) is -1.91. The Kier molecular flexibility index (Phi) is 5.67. The fourth-order valence-corrected chi connectivity index (χ4v) is 2.55. The van der Waals surface area contributed by atoms with Gasteiger partial charge in [-0.05, 0) is 24.1 Å². The highest BCUT2D eigenvalue weighted by Crippen LogP contribution is 2.24. The molecule has 0 fully saturated rings. The average molecular weight is 333 g/mol. The van der Waals surface area contributed by atoms with Crippen LogP contribution in [0.4, 0.5) is 8.78 Å². The summed E-state index contributed by atoms with van der Waals surface area (Å²) in [4.78, 5) is 12.1. The molecule has 3 nitrogen and oxygen atoms in total. The standard InChI is InChI=1S/C19H21F2NO2/c1-13(16-9-8-15(20)10-17(16)21)12-22-18(23)11-19(2,24)14-6-4-3-5-7-14/h3-10,13,24H,11-12H2,1-2H3,(H,22,23). The van der Waals surface area contributed by atoms with Gasteiger partial charge in [0.25, 0.3) is 0 Å². The van der Waals surface area contributed by atoms with Gasteiger partial charge in [-0.15, -0.1) is 0 Å². The molecule has 2 rings (SSSR count). The van der Waals surface area contributed by atoms with Gasteiger partial charge in [-0.1, -0.05) is 43.3 Å². The molecule has 2 atom stereocenters. The van der Waals surface area contributed by atoms with Crippen molar-refractivity contribution in [3.8, 4) is 0 Å². The molecule has 0 aliphatic carbocycles. The van der Waals surface area contributed by atoms with E-state index in [1.807, 2.05) is 6.07 Å². The smallest absolute Gasteiger partial charge is 0.223 e. The summed E-state index contributed by atoms with van der Waals surface area (Å²) in [6.45, 7) is 3.52. The number of amides is 1. The van der Waals surface area contributed by atoms with Crippen molar-refractivity contribution in [2.45, 2.75) is 31.8 Å². The molecule has 2 unspecified atom stereocenters. The molecule has 1 amide bonds. The number of benzene rings is 2. The van der Waals surface area contributed by atoms with E-state index < -0.39 is 17.2 Å². The van der Waals surface area contributed by atoms with Crippen LogP contribution >= 0.6 is 0 Å². The van der Waals surface area contributed by atoms with Crippen molar-refractivity contribution < 1.29 is 18.7 Å². The van der Waals surface area contributed by atoms with Crippen LogP contribution in [-0.4, -0.2) is 17.6 Å². The summed E-state index contributed by atoms with van der Waals surface area (Å²) < 4.78 is 26.7. The second kappa shape index (κ2) is 7.53. The third kappa shape index (κ3) is 4.61. The fraction of sp³-hybridized carbons (Fsp3) is 0.316.